The Morgan fingerprint density at radius 3 is 2.47 bits per heavy atom. The van der Waals surface area contributed by atoms with Crippen LogP contribution in [0.4, 0.5) is 13.2 Å². The van der Waals surface area contributed by atoms with E-state index >= 15 is 0 Å². The van der Waals surface area contributed by atoms with Gasteiger partial charge in [-0.05, 0) is 18.8 Å². The van der Waals surface area contributed by atoms with Crippen molar-refractivity contribution in [2.75, 3.05) is 6.61 Å². The predicted octanol–water partition coefficient (Wildman–Crippen LogP) is 1.37. The molecule has 0 spiro atoms. The summed E-state index contributed by atoms with van der Waals surface area (Å²) in [6.45, 7) is 1.21. The monoisotopic (exact) mass is 275 g/mol. The van der Waals surface area contributed by atoms with Crippen LogP contribution in [-0.4, -0.2) is 31.2 Å². The fourth-order valence-corrected chi connectivity index (χ4v) is 3.21. The molecule has 1 saturated carbocycles. The fourth-order valence-electron chi connectivity index (χ4n) is 2.27. The molecule has 102 valence electrons. The fraction of sp³-hybridized carbons (Fsp3) is 1.00. The van der Waals surface area contributed by atoms with Gasteiger partial charge < -0.3 is 5.11 Å². The lowest BCUT2D eigenvalue weighted by molar-refractivity contribution is -0.0467. The normalized spacial score (nSPS) is 31.5. The molecule has 0 heterocycles. The molecule has 8 heteroatoms. The van der Waals surface area contributed by atoms with Crippen LogP contribution in [-0.2, 0) is 10.0 Å². The highest BCUT2D eigenvalue weighted by atomic mass is 32.2. The standard InChI is InChI=1S/C9H16F3NO3S/c1-7-3-2-4-8(5-7,6-14)13-17(15,16)9(10,11)12/h7,13-14H,2-6H2,1H3. The maximum absolute atomic E-state index is 12.3. The summed E-state index contributed by atoms with van der Waals surface area (Å²) >= 11 is 0. The third-order valence-corrected chi connectivity index (χ3v) is 4.36. The van der Waals surface area contributed by atoms with Gasteiger partial charge in [0.15, 0.2) is 0 Å². The first-order chi connectivity index (χ1) is 7.62. The van der Waals surface area contributed by atoms with E-state index in [4.69, 9.17) is 0 Å². The summed E-state index contributed by atoms with van der Waals surface area (Å²) in [7, 11) is -5.40. The number of alkyl halides is 3. The summed E-state index contributed by atoms with van der Waals surface area (Å²) < 4.78 is 60.5. The molecule has 17 heavy (non-hydrogen) atoms. The zero-order chi connectivity index (χ0) is 13.3. The van der Waals surface area contributed by atoms with Crippen LogP contribution >= 0.6 is 0 Å². The summed E-state index contributed by atoms with van der Waals surface area (Å²) in [5.74, 6) is 0.0897. The Morgan fingerprint density at radius 1 is 1.47 bits per heavy atom. The van der Waals surface area contributed by atoms with Gasteiger partial charge in [-0.15, -0.1) is 0 Å². The van der Waals surface area contributed by atoms with Crippen molar-refractivity contribution < 1.29 is 26.7 Å². The van der Waals surface area contributed by atoms with E-state index in [9.17, 15) is 26.7 Å². The van der Waals surface area contributed by atoms with Gasteiger partial charge in [-0.3, -0.25) is 0 Å². The van der Waals surface area contributed by atoms with Crippen LogP contribution in [0, 0.1) is 5.92 Å². The lowest BCUT2D eigenvalue weighted by atomic mass is 9.78. The van der Waals surface area contributed by atoms with Gasteiger partial charge >= 0.3 is 15.5 Å². The van der Waals surface area contributed by atoms with E-state index in [1.54, 1.807) is 4.72 Å². The summed E-state index contributed by atoms with van der Waals surface area (Å²) in [6, 6.07) is 0. The molecule has 1 fully saturated rings. The first-order valence-corrected chi connectivity index (χ1v) is 6.81. The highest BCUT2D eigenvalue weighted by Crippen LogP contribution is 2.34. The molecule has 0 aromatic carbocycles. The Hall–Kier alpha value is -0.340. The molecule has 4 nitrogen and oxygen atoms in total. The maximum atomic E-state index is 12.3. The van der Waals surface area contributed by atoms with E-state index < -0.39 is 27.7 Å². The molecule has 0 radical (unpaired) electrons. The molecule has 2 N–H and O–H groups in total. The smallest absolute Gasteiger partial charge is 0.394 e. The number of rotatable bonds is 3. The van der Waals surface area contributed by atoms with Crippen LogP contribution in [0.5, 0.6) is 0 Å². The van der Waals surface area contributed by atoms with E-state index in [0.29, 0.717) is 6.42 Å². The molecule has 0 saturated heterocycles. The molecule has 0 amide bonds. The van der Waals surface area contributed by atoms with Crippen molar-refractivity contribution >= 4 is 10.0 Å². The average molecular weight is 275 g/mol. The van der Waals surface area contributed by atoms with E-state index in [0.717, 1.165) is 6.42 Å². The zero-order valence-corrected chi connectivity index (χ0v) is 10.2. The first-order valence-electron chi connectivity index (χ1n) is 5.33. The number of aliphatic hydroxyl groups excluding tert-OH is 1. The van der Waals surface area contributed by atoms with Crippen LogP contribution in [0.1, 0.15) is 32.6 Å². The minimum Gasteiger partial charge on any atom is -0.394 e. The molecular formula is C9H16F3NO3S. The Bertz CT molecular complexity index is 368. The SMILES string of the molecule is CC1CCCC(CO)(NS(=O)(=O)C(F)(F)F)C1. The van der Waals surface area contributed by atoms with Crippen molar-refractivity contribution in [3.05, 3.63) is 0 Å². The van der Waals surface area contributed by atoms with E-state index in [1.165, 1.54) is 0 Å². The number of hydrogen-bond acceptors (Lipinski definition) is 3. The molecule has 1 rings (SSSR count). The van der Waals surface area contributed by atoms with Gasteiger partial charge in [0.05, 0.1) is 12.1 Å². The molecule has 0 aromatic rings. The van der Waals surface area contributed by atoms with Crippen LogP contribution in [0.15, 0.2) is 0 Å². The van der Waals surface area contributed by atoms with Gasteiger partial charge in [-0.1, -0.05) is 19.8 Å². The van der Waals surface area contributed by atoms with Gasteiger partial charge in [0.25, 0.3) is 0 Å². The lowest BCUT2D eigenvalue weighted by Gasteiger charge is -2.39. The summed E-state index contributed by atoms with van der Waals surface area (Å²) in [6.07, 6.45) is 1.87. The number of hydrogen-bond donors (Lipinski definition) is 2. The molecule has 0 bridgehead atoms. The lowest BCUT2D eigenvalue weighted by Crippen LogP contribution is -2.56. The molecule has 1 aliphatic carbocycles. The van der Waals surface area contributed by atoms with Crippen molar-refractivity contribution in [2.45, 2.75) is 43.7 Å². The van der Waals surface area contributed by atoms with Crippen molar-refractivity contribution in [2.24, 2.45) is 5.92 Å². The van der Waals surface area contributed by atoms with Crippen LogP contribution in [0.3, 0.4) is 0 Å². The second-order valence-electron chi connectivity index (χ2n) is 4.69. The Balaban J connectivity index is 2.90. The number of nitrogens with one attached hydrogen (secondary N) is 1. The number of sulfonamides is 1. The second-order valence-corrected chi connectivity index (χ2v) is 6.37. The summed E-state index contributed by atoms with van der Waals surface area (Å²) in [5.41, 5.74) is -6.71. The van der Waals surface area contributed by atoms with Gasteiger partial charge in [0.1, 0.15) is 0 Å². The number of aliphatic hydroxyl groups is 1. The summed E-state index contributed by atoms with van der Waals surface area (Å²) in [5, 5.41) is 9.19. The highest BCUT2D eigenvalue weighted by molar-refractivity contribution is 7.90. The Kier molecular flexibility index (Phi) is 4.10. The molecule has 2 atom stereocenters. The second kappa shape index (κ2) is 4.74. The minimum atomic E-state index is -5.40. The highest BCUT2D eigenvalue weighted by Gasteiger charge is 2.50. The molecule has 1 aliphatic rings. The van der Waals surface area contributed by atoms with E-state index in [1.807, 2.05) is 6.92 Å². The largest absolute Gasteiger partial charge is 0.511 e. The predicted molar refractivity (Wildman–Crippen MR) is 55.6 cm³/mol. The maximum Gasteiger partial charge on any atom is 0.511 e. The molecule has 0 aliphatic heterocycles. The van der Waals surface area contributed by atoms with Crippen molar-refractivity contribution in [3.63, 3.8) is 0 Å². The van der Waals surface area contributed by atoms with Crippen LogP contribution in [0.25, 0.3) is 0 Å². The molecule has 0 aromatic heterocycles. The Labute approximate surface area is 98.3 Å². The van der Waals surface area contributed by atoms with Gasteiger partial charge in [-0.2, -0.15) is 17.9 Å². The van der Waals surface area contributed by atoms with Gasteiger partial charge in [0, 0.05) is 0 Å². The third-order valence-electron chi connectivity index (χ3n) is 3.05. The van der Waals surface area contributed by atoms with E-state index in [2.05, 4.69) is 0 Å². The van der Waals surface area contributed by atoms with Crippen molar-refractivity contribution in [3.8, 4) is 0 Å². The van der Waals surface area contributed by atoms with Crippen molar-refractivity contribution in [1.82, 2.24) is 4.72 Å². The van der Waals surface area contributed by atoms with Crippen LogP contribution in [0.2, 0.25) is 0 Å². The van der Waals surface area contributed by atoms with Gasteiger partial charge in [-0.25, -0.2) is 8.42 Å². The number of halogens is 3. The zero-order valence-electron chi connectivity index (χ0n) is 9.42. The van der Waals surface area contributed by atoms with Crippen LogP contribution < -0.4 is 4.72 Å². The first kappa shape index (κ1) is 14.7. The minimum absolute atomic E-state index is 0.0897. The molecule has 2 unspecified atom stereocenters. The Morgan fingerprint density at radius 2 is 2.06 bits per heavy atom. The van der Waals surface area contributed by atoms with Gasteiger partial charge in [0.2, 0.25) is 0 Å². The van der Waals surface area contributed by atoms with E-state index in [-0.39, 0.29) is 18.8 Å². The topological polar surface area (TPSA) is 66.4 Å². The quantitative estimate of drug-likeness (QED) is 0.817. The average Bonchev–Trinajstić information content (AvgIpc) is 2.15. The summed E-state index contributed by atoms with van der Waals surface area (Å²) in [4.78, 5) is 0. The third kappa shape index (κ3) is 3.32. The van der Waals surface area contributed by atoms with Crippen molar-refractivity contribution in [1.29, 1.82) is 0 Å². The molecular weight excluding hydrogens is 259 g/mol.